The van der Waals surface area contributed by atoms with E-state index in [0.29, 0.717) is 23.9 Å². The van der Waals surface area contributed by atoms with Crippen LogP contribution < -0.4 is 0 Å². The number of rotatable bonds is 3. The van der Waals surface area contributed by atoms with Gasteiger partial charge in [0.15, 0.2) is 0 Å². The summed E-state index contributed by atoms with van der Waals surface area (Å²) in [5, 5.41) is 2.47. The molecular formula is C20H21ClN2O2S. The van der Waals surface area contributed by atoms with Crippen molar-refractivity contribution < 1.29 is 8.42 Å². The second kappa shape index (κ2) is 7.14. The largest absolute Gasteiger partial charge is 0.264 e. The van der Waals surface area contributed by atoms with Gasteiger partial charge in [-0.15, -0.1) is 0 Å². The molecule has 0 N–H and O–H groups in total. The Morgan fingerprint density at radius 2 is 1.96 bits per heavy atom. The normalized spacial score (nSPS) is 22.5. The fraction of sp³-hybridized carbons (Fsp3) is 0.350. The minimum absolute atomic E-state index is 0.235. The van der Waals surface area contributed by atoms with Crippen molar-refractivity contribution in [2.24, 2.45) is 11.8 Å². The number of hydrogen-bond acceptors (Lipinski definition) is 3. The third-order valence-electron chi connectivity index (χ3n) is 5.38. The lowest BCUT2D eigenvalue weighted by molar-refractivity contribution is 0.248. The Morgan fingerprint density at radius 1 is 1.15 bits per heavy atom. The van der Waals surface area contributed by atoms with Crippen LogP contribution in [0.4, 0.5) is 0 Å². The fourth-order valence-electron chi connectivity index (χ4n) is 3.95. The Labute approximate surface area is 159 Å². The van der Waals surface area contributed by atoms with Gasteiger partial charge in [0.05, 0.1) is 4.90 Å². The van der Waals surface area contributed by atoms with Gasteiger partial charge in [0, 0.05) is 47.2 Å². The van der Waals surface area contributed by atoms with Crippen LogP contribution in [0, 0.1) is 11.8 Å². The number of fused-ring (bicyclic) bond motifs is 1. The SMILES string of the molecule is O=S(=O)(c1cccc2cnccc12)N1CCC(C2C=CCC=C2Cl)CC1. The molecule has 4 rings (SSSR count). The molecule has 1 saturated heterocycles. The summed E-state index contributed by atoms with van der Waals surface area (Å²) in [6.07, 6.45) is 12.2. The molecular weight excluding hydrogens is 368 g/mol. The maximum absolute atomic E-state index is 13.2. The molecule has 1 aromatic carbocycles. The lowest BCUT2D eigenvalue weighted by atomic mass is 9.82. The number of aromatic nitrogens is 1. The van der Waals surface area contributed by atoms with Crippen LogP contribution in [0.3, 0.4) is 0 Å². The fourth-order valence-corrected chi connectivity index (χ4v) is 5.97. The van der Waals surface area contributed by atoms with Crippen LogP contribution in [0.15, 0.2) is 64.8 Å². The van der Waals surface area contributed by atoms with Crippen LogP contribution in [-0.2, 0) is 10.0 Å². The summed E-state index contributed by atoms with van der Waals surface area (Å²) in [6, 6.07) is 7.12. The maximum Gasteiger partial charge on any atom is 0.243 e. The number of halogens is 1. The first-order valence-electron chi connectivity index (χ1n) is 8.92. The van der Waals surface area contributed by atoms with Gasteiger partial charge < -0.3 is 0 Å². The van der Waals surface area contributed by atoms with E-state index in [1.165, 1.54) is 0 Å². The number of pyridine rings is 1. The van der Waals surface area contributed by atoms with E-state index in [2.05, 4.69) is 23.2 Å². The third-order valence-corrected chi connectivity index (χ3v) is 7.74. The van der Waals surface area contributed by atoms with Gasteiger partial charge in [-0.25, -0.2) is 8.42 Å². The predicted molar refractivity (Wildman–Crippen MR) is 104 cm³/mol. The highest BCUT2D eigenvalue weighted by atomic mass is 35.5. The van der Waals surface area contributed by atoms with E-state index in [4.69, 9.17) is 11.6 Å². The molecule has 0 bridgehead atoms. The molecule has 0 radical (unpaired) electrons. The highest BCUT2D eigenvalue weighted by Gasteiger charge is 2.33. The average molecular weight is 389 g/mol. The van der Waals surface area contributed by atoms with E-state index in [9.17, 15) is 8.42 Å². The van der Waals surface area contributed by atoms with Crippen LogP contribution in [0.25, 0.3) is 10.8 Å². The average Bonchev–Trinajstić information content (AvgIpc) is 2.68. The topological polar surface area (TPSA) is 50.3 Å². The molecule has 4 nitrogen and oxygen atoms in total. The van der Waals surface area contributed by atoms with Gasteiger partial charge in [0.25, 0.3) is 0 Å². The van der Waals surface area contributed by atoms with Crippen molar-refractivity contribution in [1.29, 1.82) is 0 Å². The van der Waals surface area contributed by atoms with Gasteiger partial charge in [0.1, 0.15) is 0 Å². The van der Waals surface area contributed by atoms with Crippen molar-refractivity contribution in [1.82, 2.24) is 9.29 Å². The molecule has 1 atom stereocenters. The number of benzene rings is 1. The molecule has 26 heavy (non-hydrogen) atoms. The summed E-state index contributed by atoms with van der Waals surface area (Å²) in [7, 11) is -3.52. The molecule has 0 spiro atoms. The van der Waals surface area contributed by atoms with Gasteiger partial charge in [0.2, 0.25) is 10.0 Å². The van der Waals surface area contributed by atoms with E-state index in [-0.39, 0.29) is 5.92 Å². The first-order chi connectivity index (χ1) is 12.6. The third kappa shape index (κ3) is 3.20. The van der Waals surface area contributed by atoms with E-state index in [0.717, 1.165) is 35.1 Å². The molecule has 1 aliphatic heterocycles. The molecule has 2 heterocycles. The van der Waals surface area contributed by atoms with Gasteiger partial charge in [-0.2, -0.15) is 4.31 Å². The van der Waals surface area contributed by atoms with E-state index in [1.807, 2.05) is 6.07 Å². The smallest absolute Gasteiger partial charge is 0.243 e. The monoisotopic (exact) mass is 388 g/mol. The molecule has 136 valence electrons. The Bertz CT molecular complexity index is 971. The minimum Gasteiger partial charge on any atom is -0.264 e. The molecule has 2 aliphatic rings. The van der Waals surface area contributed by atoms with E-state index in [1.54, 1.807) is 34.9 Å². The highest BCUT2D eigenvalue weighted by molar-refractivity contribution is 7.89. The van der Waals surface area contributed by atoms with Gasteiger partial charge in [-0.1, -0.05) is 42.0 Å². The number of allylic oxidation sites excluding steroid dienone is 4. The summed E-state index contributed by atoms with van der Waals surface area (Å²) >= 11 is 6.38. The molecule has 1 aliphatic carbocycles. The second-order valence-electron chi connectivity index (χ2n) is 6.87. The maximum atomic E-state index is 13.2. The van der Waals surface area contributed by atoms with Crippen molar-refractivity contribution in [2.75, 3.05) is 13.1 Å². The summed E-state index contributed by atoms with van der Waals surface area (Å²) < 4.78 is 28.0. The minimum atomic E-state index is -3.52. The van der Waals surface area contributed by atoms with Crippen molar-refractivity contribution in [3.05, 3.63) is 59.9 Å². The number of hydrogen-bond donors (Lipinski definition) is 0. The Hall–Kier alpha value is -1.69. The van der Waals surface area contributed by atoms with E-state index >= 15 is 0 Å². The van der Waals surface area contributed by atoms with Crippen molar-refractivity contribution in [3.8, 4) is 0 Å². The Kier molecular flexibility index (Phi) is 4.86. The van der Waals surface area contributed by atoms with Crippen LogP contribution in [0.2, 0.25) is 0 Å². The van der Waals surface area contributed by atoms with E-state index < -0.39 is 10.0 Å². The standard InChI is InChI=1S/C20H21ClN2O2S/c21-19-6-2-1-5-17(19)15-9-12-23(13-10-15)26(24,25)20-7-3-4-16-14-22-11-8-18(16)20/h1,3-8,11,14-15,17H,2,9-10,12-13H2. The predicted octanol–water partition coefficient (Wildman–Crippen LogP) is 4.33. The number of nitrogens with zero attached hydrogens (tertiary/aromatic N) is 2. The molecule has 1 unspecified atom stereocenters. The van der Waals surface area contributed by atoms with Gasteiger partial charge in [-0.05, 0) is 37.3 Å². The van der Waals surface area contributed by atoms with Crippen LogP contribution in [0.1, 0.15) is 19.3 Å². The molecule has 0 saturated carbocycles. The van der Waals surface area contributed by atoms with Crippen molar-refractivity contribution >= 4 is 32.4 Å². The second-order valence-corrected chi connectivity index (χ2v) is 9.22. The zero-order valence-corrected chi connectivity index (χ0v) is 16.0. The number of piperidine rings is 1. The van der Waals surface area contributed by atoms with Crippen molar-refractivity contribution in [2.45, 2.75) is 24.2 Å². The quantitative estimate of drug-likeness (QED) is 0.735. The Balaban J connectivity index is 1.56. The molecule has 2 aromatic rings. The lowest BCUT2D eigenvalue weighted by Gasteiger charge is -2.35. The Morgan fingerprint density at radius 3 is 2.73 bits per heavy atom. The molecule has 0 amide bonds. The first kappa shape index (κ1) is 17.7. The molecule has 1 aromatic heterocycles. The zero-order valence-electron chi connectivity index (χ0n) is 14.4. The van der Waals surface area contributed by atoms with Crippen LogP contribution in [0.5, 0.6) is 0 Å². The molecule has 1 fully saturated rings. The first-order valence-corrected chi connectivity index (χ1v) is 10.7. The highest BCUT2D eigenvalue weighted by Crippen LogP contribution is 2.37. The summed E-state index contributed by atoms with van der Waals surface area (Å²) in [5.74, 6) is 0.636. The zero-order chi connectivity index (χ0) is 18.1. The summed E-state index contributed by atoms with van der Waals surface area (Å²) in [5.41, 5.74) is 0. The van der Waals surface area contributed by atoms with Crippen molar-refractivity contribution in [3.63, 3.8) is 0 Å². The van der Waals surface area contributed by atoms with Crippen LogP contribution in [-0.4, -0.2) is 30.8 Å². The lowest BCUT2D eigenvalue weighted by Crippen LogP contribution is -2.40. The summed E-state index contributed by atoms with van der Waals surface area (Å²) in [6.45, 7) is 1.06. The van der Waals surface area contributed by atoms with Gasteiger partial charge >= 0.3 is 0 Å². The van der Waals surface area contributed by atoms with Crippen LogP contribution >= 0.6 is 11.6 Å². The number of sulfonamides is 1. The van der Waals surface area contributed by atoms with Gasteiger partial charge in [-0.3, -0.25) is 4.98 Å². The summed E-state index contributed by atoms with van der Waals surface area (Å²) in [4.78, 5) is 4.45. The molecule has 6 heteroatoms.